The van der Waals surface area contributed by atoms with Crippen molar-refractivity contribution in [2.24, 2.45) is 0 Å². The predicted octanol–water partition coefficient (Wildman–Crippen LogP) is 4.04. The minimum atomic E-state index is -0.582. The second kappa shape index (κ2) is 7.97. The summed E-state index contributed by atoms with van der Waals surface area (Å²) < 4.78 is 9.66. The molecule has 2 heterocycles. The number of nitrogens with zero attached hydrogens (tertiary/aromatic N) is 2. The highest BCUT2D eigenvalue weighted by Crippen LogP contribution is 2.28. The van der Waals surface area contributed by atoms with Crippen molar-refractivity contribution >= 4 is 23.5 Å². The zero-order chi connectivity index (χ0) is 19.4. The summed E-state index contributed by atoms with van der Waals surface area (Å²) in [5, 5.41) is 0.600. The third kappa shape index (κ3) is 3.80. The molecule has 0 amide bonds. The van der Waals surface area contributed by atoms with Gasteiger partial charge < -0.3 is 9.47 Å². The number of pyridine rings is 2. The number of methoxy groups -OCH3 is 2. The molecule has 0 spiro atoms. The molecule has 0 radical (unpaired) electrons. The van der Waals surface area contributed by atoms with E-state index < -0.39 is 11.9 Å². The van der Waals surface area contributed by atoms with Gasteiger partial charge in [0.1, 0.15) is 11.4 Å². The van der Waals surface area contributed by atoms with E-state index in [9.17, 15) is 9.59 Å². The van der Waals surface area contributed by atoms with Gasteiger partial charge in [0.25, 0.3) is 0 Å². The second-order valence-electron chi connectivity index (χ2n) is 5.48. The van der Waals surface area contributed by atoms with Crippen LogP contribution in [0.4, 0.5) is 0 Å². The van der Waals surface area contributed by atoms with Gasteiger partial charge in [-0.3, -0.25) is 4.98 Å². The number of hydrogen-bond donors (Lipinski definition) is 0. The average molecular weight is 383 g/mol. The van der Waals surface area contributed by atoms with Gasteiger partial charge in [0.2, 0.25) is 0 Å². The maximum Gasteiger partial charge on any atom is 0.340 e. The van der Waals surface area contributed by atoms with Crippen molar-refractivity contribution in [1.82, 2.24) is 9.97 Å². The van der Waals surface area contributed by atoms with Crippen molar-refractivity contribution in [3.05, 3.63) is 70.9 Å². The Kier molecular flexibility index (Phi) is 5.47. The smallest absolute Gasteiger partial charge is 0.340 e. The highest BCUT2D eigenvalue weighted by atomic mass is 35.5. The summed E-state index contributed by atoms with van der Waals surface area (Å²) >= 11 is 5.94. The molecule has 0 bridgehead atoms. The number of carbonyl (C=O) groups excluding carboxylic acids is 2. The Bertz CT molecular complexity index is 1000. The zero-order valence-electron chi connectivity index (χ0n) is 14.6. The van der Waals surface area contributed by atoms with Crippen LogP contribution in [-0.2, 0) is 9.47 Å². The SMILES string of the molecule is COC(=O)c1cccnc1-c1nc(-c2ccc(Cl)cc2)ccc1C(=O)OC. The molecule has 3 rings (SSSR count). The van der Waals surface area contributed by atoms with Crippen LogP contribution < -0.4 is 0 Å². The summed E-state index contributed by atoms with van der Waals surface area (Å²) in [6, 6.07) is 13.6. The number of esters is 2. The van der Waals surface area contributed by atoms with Crippen molar-refractivity contribution in [3.63, 3.8) is 0 Å². The van der Waals surface area contributed by atoms with Crippen molar-refractivity contribution in [2.75, 3.05) is 14.2 Å². The van der Waals surface area contributed by atoms with Crippen LogP contribution >= 0.6 is 11.6 Å². The average Bonchev–Trinajstić information content (AvgIpc) is 2.72. The summed E-state index contributed by atoms with van der Waals surface area (Å²) in [4.78, 5) is 33.2. The Morgan fingerprint density at radius 1 is 0.852 bits per heavy atom. The fraction of sp³-hybridized carbons (Fsp3) is 0.100. The van der Waals surface area contributed by atoms with Crippen molar-refractivity contribution < 1.29 is 19.1 Å². The lowest BCUT2D eigenvalue weighted by molar-refractivity contribution is 0.0589. The molecule has 136 valence electrons. The Hall–Kier alpha value is -3.25. The van der Waals surface area contributed by atoms with Gasteiger partial charge in [-0.25, -0.2) is 14.6 Å². The molecule has 0 aliphatic carbocycles. The van der Waals surface area contributed by atoms with Gasteiger partial charge in [0.05, 0.1) is 31.0 Å². The molecule has 0 N–H and O–H groups in total. The Balaban J connectivity index is 2.23. The van der Waals surface area contributed by atoms with E-state index in [4.69, 9.17) is 21.1 Å². The van der Waals surface area contributed by atoms with Gasteiger partial charge in [0.15, 0.2) is 0 Å². The number of halogens is 1. The van der Waals surface area contributed by atoms with Crippen LogP contribution in [0, 0.1) is 0 Å². The molecule has 0 atom stereocenters. The first-order chi connectivity index (χ1) is 13.0. The fourth-order valence-corrected chi connectivity index (χ4v) is 2.69. The highest BCUT2D eigenvalue weighted by Gasteiger charge is 2.22. The molecule has 27 heavy (non-hydrogen) atoms. The van der Waals surface area contributed by atoms with Crippen LogP contribution in [0.2, 0.25) is 5.02 Å². The fourth-order valence-electron chi connectivity index (χ4n) is 2.56. The molecule has 6 nitrogen and oxygen atoms in total. The van der Waals surface area contributed by atoms with Gasteiger partial charge in [-0.05, 0) is 36.4 Å². The number of carbonyl (C=O) groups is 2. The van der Waals surface area contributed by atoms with Gasteiger partial charge in [-0.1, -0.05) is 23.7 Å². The van der Waals surface area contributed by atoms with E-state index in [0.717, 1.165) is 5.56 Å². The van der Waals surface area contributed by atoms with E-state index >= 15 is 0 Å². The zero-order valence-corrected chi connectivity index (χ0v) is 15.4. The minimum Gasteiger partial charge on any atom is -0.465 e. The minimum absolute atomic E-state index is 0.194. The van der Waals surface area contributed by atoms with E-state index in [2.05, 4.69) is 9.97 Å². The third-order valence-corrected chi connectivity index (χ3v) is 4.13. The van der Waals surface area contributed by atoms with Crippen molar-refractivity contribution in [3.8, 4) is 22.6 Å². The number of rotatable bonds is 4. The molecule has 7 heteroatoms. The Morgan fingerprint density at radius 2 is 1.48 bits per heavy atom. The molecule has 0 unspecified atom stereocenters. The van der Waals surface area contributed by atoms with Crippen LogP contribution in [0.1, 0.15) is 20.7 Å². The van der Waals surface area contributed by atoms with Gasteiger partial charge in [-0.15, -0.1) is 0 Å². The third-order valence-electron chi connectivity index (χ3n) is 3.88. The summed E-state index contributed by atoms with van der Waals surface area (Å²) in [6.45, 7) is 0. The van der Waals surface area contributed by atoms with E-state index in [-0.39, 0.29) is 22.5 Å². The molecule has 0 aliphatic rings. The highest BCUT2D eigenvalue weighted by molar-refractivity contribution is 6.30. The number of aromatic nitrogens is 2. The van der Waals surface area contributed by atoms with E-state index in [1.165, 1.54) is 20.4 Å². The first kappa shape index (κ1) is 18.5. The standard InChI is InChI=1S/C20H15ClN2O4/c1-26-19(24)14-4-3-11-22-17(14)18-15(20(25)27-2)9-10-16(23-18)12-5-7-13(21)8-6-12/h3-11H,1-2H3. The van der Waals surface area contributed by atoms with E-state index in [1.807, 2.05) is 12.1 Å². The number of ether oxygens (including phenoxy) is 2. The summed E-state index contributed by atoms with van der Waals surface area (Å²) in [5.74, 6) is -1.16. The largest absolute Gasteiger partial charge is 0.465 e. The first-order valence-corrected chi connectivity index (χ1v) is 8.32. The van der Waals surface area contributed by atoms with Crippen molar-refractivity contribution in [2.45, 2.75) is 0 Å². The first-order valence-electron chi connectivity index (χ1n) is 7.94. The maximum atomic E-state index is 12.2. The Morgan fingerprint density at radius 3 is 2.11 bits per heavy atom. The lowest BCUT2D eigenvalue weighted by Gasteiger charge is -2.12. The molecule has 0 aliphatic heterocycles. The molecular formula is C20H15ClN2O4. The molecule has 3 aromatic rings. The summed E-state index contributed by atoms with van der Waals surface area (Å²) in [6.07, 6.45) is 1.51. The molecular weight excluding hydrogens is 368 g/mol. The van der Waals surface area contributed by atoms with Crippen LogP contribution in [0.5, 0.6) is 0 Å². The van der Waals surface area contributed by atoms with Gasteiger partial charge >= 0.3 is 11.9 Å². The van der Waals surface area contributed by atoms with Crippen LogP contribution in [-0.4, -0.2) is 36.1 Å². The van der Waals surface area contributed by atoms with Gasteiger partial charge in [-0.2, -0.15) is 0 Å². The number of hydrogen-bond acceptors (Lipinski definition) is 6. The monoisotopic (exact) mass is 382 g/mol. The topological polar surface area (TPSA) is 78.4 Å². The van der Waals surface area contributed by atoms with E-state index in [1.54, 1.807) is 36.4 Å². The molecule has 1 aromatic carbocycles. The lowest BCUT2D eigenvalue weighted by Crippen LogP contribution is -2.10. The summed E-state index contributed by atoms with van der Waals surface area (Å²) in [7, 11) is 2.55. The maximum absolute atomic E-state index is 12.2. The Labute approximate surface area is 160 Å². The molecule has 0 saturated heterocycles. The van der Waals surface area contributed by atoms with Crippen LogP contribution in [0.3, 0.4) is 0 Å². The predicted molar refractivity (Wildman–Crippen MR) is 101 cm³/mol. The second-order valence-corrected chi connectivity index (χ2v) is 5.92. The van der Waals surface area contributed by atoms with Gasteiger partial charge in [0, 0.05) is 16.8 Å². The molecule has 0 saturated carbocycles. The molecule has 2 aromatic heterocycles. The quantitative estimate of drug-likeness (QED) is 0.634. The van der Waals surface area contributed by atoms with E-state index in [0.29, 0.717) is 10.7 Å². The summed E-state index contributed by atoms with van der Waals surface area (Å²) in [5.41, 5.74) is 2.25. The number of benzene rings is 1. The lowest BCUT2D eigenvalue weighted by atomic mass is 10.0. The van der Waals surface area contributed by atoms with Crippen LogP contribution in [0.25, 0.3) is 22.6 Å². The van der Waals surface area contributed by atoms with Crippen molar-refractivity contribution in [1.29, 1.82) is 0 Å². The van der Waals surface area contributed by atoms with Crippen LogP contribution in [0.15, 0.2) is 54.7 Å². The molecule has 0 fully saturated rings. The normalized spacial score (nSPS) is 10.3.